The van der Waals surface area contributed by atoms with E-state index in [1.807, 2.05) is 24.3 Å². The predicted molar refractivity (Wildman–Crippen MR) is 125 cm³/mol. The molecule has 1 N–H and O–H groups in total. The smallest absolute Gasteiger partial charge is 0.307 e. The number of ether oxygens (including phenoxy) is 1. The summed E-state index contributed by atoms with van der Waals surface area (Å²) in [5.74, 6) is 0.597. The van der Waals surface area contributed by atoms with Crippen molar-refractivity contribution in [2.45, 2.75) is 0 Å². The van der Waals surface area contributed by atoms with Crippen LogP contribution >= 0.6 is 77.0 Å². The maximum absolute atomic E-state index is 12.3. The number of hydrogen-bond donors (Lipinski definition) is 1. The quantitative estimate of drug-likeness (QED) is 0.208. The van der Waals surface area contributed by atoms with Crippen LogP contribution < -0.4 is 10.2 Å². The lowest BCUT2D eigenvalue weighted by atomic mass is 10.2. The summed E-state index contributed by atoms with van der Waals surface area (Å²) in [7, 11) is 1.64. The summed E-state index contributed by atoms with van der Waals surface area (Å²) < 4.78 is 14.5. The second-order valence-corrected chi connectivity index (χ2v) is 9.23. The first-order valence-electron chi connectivity index (χ1n) is 7.14. The lowest BCUT2D eigenvalue weighted by Gasteiger charge is -2.06. The minimum atomic E-state index is -0.418. The van der Waals surface area contributed by atoms with Gasteiger partial charge in [0.1, 0.15) is 11.3 Å². The van der Waals surface area contributed by atoms with Gasteiger partial charge in [-0.1, -0.05) is 15.9 Å². The van der Waals surface area contributed by atoms with E-state index in [1.165, 1.54) is 0 Å². The molecule has 1 aromatic heterocycles. The predicted octanol–water partition coefficient (Wildman–Crippen LogP) is 5.94. The molecule has 0 saturated carbocycles. The first-order valence-corrected chi connectivity index (χ1v) is 10.9. The third-order valence-corrected chi connectivity index (χ3v) is 6.01. The average molecular weight is 704 g/mol. The van der Waals surface area contributed by atoms with Crippen LogP contribution in [0.5, 0.6) is 5.75 Å². The molecule has 3 aromatic rings. The van der Waals surface area contributed by atoms with Crippen molar-refractivity contribution in [2.24, 2.45) is 5.10 Å². The molecule has 0 saturated heterocycles. The highest BCUT2D eigenvalue weighted by Crippen LogP contribution is 2.31. The zero-order valence-electron chi connectivity index (χ0n) is 13.1. The van der Waals surface area contributed by atoms with Crippen LogP contribution in [0.2, 0.25) is 0 Å². The van der Waals surface area contributed by atoms with Crippen LogP contribution in [-0.2, 0) is 0 Å². The molecule has 3 rings (SSSR count). The fourth-order valence-corrected chi connectivity index (χ4v) is 5.85. The standard InChI is InChI=1S/C17H10Br2I2N2O3/c1-25-16-12(20)2-8(3-13(16)21)7-22-23-17(24)14-5-9-4-10(18)6-11(19)15(9)26-14/h2-7H,1H3,(H,23,24)/b22-7-. The Hall–Kier alpha value is -0.660. The lowest BCUT2D eigenvalue weighted by Crippen LogP contribution is -2.16. The molecule has 1 amide bonds. The molecule has 0 radical (unpaired) electrons. The number of hydrogen-bond acceptors (Lipinski definition) is 4. The van der Waals surface area contributed by atoms with E-state index in [0.717, 1.165) is 32.8 Å². The van der Waals surface area contributed by atoms with Crippen molar-refractivity contribution < 1.29 is 13.9 Å². The van der Waals surface area contributed by atoms with E-state index in [9.17, 15) is 4.79 Å². The molecule has 0 atom stereocenters. The topological polar surface area (TPSA) is 63.8 Å². The molecule has 0 aliphatic heterocycles. The number of halogens is 4. The van der Waals surface area contributed by atoms with Gasteiger partial charge in [-0.15, -0.1) is 0 Å². The van der Waals surface area contributed by atoms with Crippen LogP contribution in [0.4, 0.5) is 0 Å². The SMILES string of the molecule is COc1c(I)cc(/C=N\NC(=O)c2cc3cc(Br)cc(Br)c3o2)cc1I. The maximum atomic E-state index is 12.3. The molecule has 0 unspecified atom stereocenters. The molecule has 0 aliphatic carbocycles. The maximum Gasteiger partial charge on any atom is 0.307 e. The van der Waals surface area contributed by atoms with Gasteiger partial charge in [0.05, 0.1) is 24.9 Å². The Morgan fingerprint density at radius 3 is 2.54 bits per heavy atom. The fraction of sp³-hybridized carbons (Fsp3) is 0.0588. The van der Waals surface area contributed by atoms with Crippen LogP contribution in [0.1, 0.15) is 16.1 Å². The molecule has 0 bridgehead atoms. The zero-order valence-corrected chi connectivity index (χ0v) is 20.6. The van der Waals surface area contributed by atoms with Gasteiger partial charge in [-0.05, 0) is 97.0 Å². The normalized spacial score (nSPS) is 11.3. The summed E-state index contributed by atoms with van der Waals surface area (Å²) >= 11 is 11.2. The van der Waals surface area contributed by atoms with Crippen LogP contribution in [0.3, 0.4) is 0 Å². The van der Waals surface area contributed by atoms with Gasteiger partial charge in [-0.2, -0.15) is 5.10 Å². The number of benzene rings is 2. The second-order valence-electron chi connectivity index (χ2n) is 5.13. The van der Waals surface area contributed by atoms with Gasteiger partial charge in [0.2, 0.25) is 0 Å². The summed E-state index contributed by atoms with van der Waals surface area (Å²) in [4.78, 5) is 12.3. The van der Waals surface area contributed by atoms with Crippen LogP contribution in [-0.4, -0.2) is 19.2 Å². The third kappa shape index (κ3) is 4.42. The second kappa shape index (κ2) is 8.57. The van der Waals surface area contributed by atoms with Crippen LogP contribution in [0.15, 0.2) is 48.8 Å². The third-order valence-electron chi connectivity index (χ3n) is 3.36. The van der Waals surface area contributed by atoms with E-state index < -0.39 is 5.91 Å². The van der Waals surface area contributed by atoms with Crippen molar-refractivity contribution in [3.63, 3.8) is 0 Å². The highest BCUT2D eigenvalue weighted by molar-refractivity contribution is 14.1. The van der Waals surface area contributed by atoms with Crippen molar-refractivity contribution in [3.8, 4) is 5.75 Å². The molecule has 0 aliphatic rings. The molecule has 26 heavy (non-hydrogen) atoms. The number of carbonyl (C=O) groups is 1. The number of nitrogens with zero attached hydrogens (tertiary/aromatic N) is 1. The number of nitrogens with one attached hydrogen (secondary N) is 1. The van der Waals surface area contributed by atoms with Crippen molar-refractivity contribution in [1.82, 2.24) is 5.43 Å². The Balaban J connectivity index is 1.77. The first kappa shape index (κ1) is 20.1. The van der Waals surface area contributed by atoms with E-state index in [2.05, 4.69) is 87.6 Å². The Kier molecular flexibility index (Phi) is 6.62. The van der Waals surface area contributed by atoms with Gasteiger partial charge in [-0.3, -0.25) is 4.79 Å². The number of amides is 1. The number of furan rings is 1. The van der Waals surface area contributed by atoms with E-state index in [1.54, 1.807) is 19.4 Å². The van der Waals surface area contributed by atoms with Gasteiger partial charge in [-0.25, -0.2) is 5.43 Å². The molecule has 9 heteroatoms. The van der Waals surface area contributed by atoms with Gasteiger partial charge in [0, 0.05) is 9.86 Å². The summed E-state index contributed by atoms with van der Waals surface area (Å²) in [6, 6.07) is 9.26. The molecule has 2 aromatic carbocycles. The van der Waals surface area contributed by atoms with Gasteiger partial charge >= 0.3 is 5.91 Å². The summed E-state index contributed by atoms with van der Waals surface area (Å²) in [6.07, 6.45) is 1.58. The molecule has 1 heterocycles. The van der Waals surface area contributed by atoms with E-state index >= 15 is 0 Å². The average Bonchev–Trinajstić information content (AvgIpc) is 2.99. The van der Waals surface area contributed by atoms with Crippen molar-refractivity contribution in [3.05, 3.63) is 57.7 Å². The number of methoxy groups -OCH3 is 1. The van der Waals surface area contributed by atoms with Gasteiger partial charge < -0.3 is 9.15 Å². The van der Waals surface area contributed by atoms with Gasteiger partial charge in [0.25, 0.3) is 0 Å². The van der Waals surface area contributed by atoms with Crippen LogP contribution in [0.25, 0.3) is 11.0 Å². The molecule has 0 fully saturated rings. The molecular weight excluding hydrogens is 694 g/mol. The zero-order chi connectivity index (χ0) is 18.8. The van der Waals surface area contributed by atoms with E-state index in [0.29, 0.717) is 5.58 Å². The number of carbonyl (C=O) groups excluding carboxylic acids is 1. The fourth-order valence-electron chi connectivity index (χ4n) is 2.26. The first-order chi connectivity index (χ1) is 12.4. The molecular formula is C17H10Br2I2N2O3. The van der Waals surface area contributed by atoms with Crippen molar-refractivity contribution in [2.75, 3.05) is 7.11 Å². The summed E-state index contributed by atoms with van der Waals surface area (Å²) in [5.41, 5.74) is 3.95. The van der Waals surface area contributed by atoms with E-state index in [-0.39, 0.29) is 5.76 Å². The van der Waals surface area contributed by atoms with Gasteiger partial charge in [0.15, 0.2) is 5.76 Å². The van der Waals surface area contributed by atoms with Crippen molar-refractivity contribution in [1.29, 1.82) is 0 Å². The number of hydrazone groups is 1. The van der Waals surface area contributed by atoms with Crippen molar-refractivity contribution >= 4 is 100 Å². The minimum Gasteiger partial charge on any atom is -0.495 e. The van der Waals surface area contributed by atoms with E-state index in [4.69, 9.17) is 9.15 Å². The molecule has 134 valence electrons. The number of rotatable bonds is 4. The number of fused-ring (bicyclic) bond motifs is 1. The minimum absolute atomic E-state index is 0.190. The summed E-state index contributed by atoms with van der Waals surface area (Å²) in [5, 5.41) is 4.83. The Labute approximate surface area is 193 Å². The molecule has 5 nitrogen and oxygen atoms in total. The lowest BCUT2D eigenvalue weighted by molar-refractivity contribution is 0.0929. The Morgan fingerprint density at radius 2 is 1.88 bits per heavy atom. The monoisotopic (exact) mass is 702 g/mol. The molecule has 0 spiro atoms. The highest BCUT2D eigenvalue weighted by atomic mass is 127. The highest BCUT2D eigenvalue weighted by Gasteiger charge is 2.14. The summed E-state index contributed by atoms with van der Waals surface area (Å²) in [6.45, 7) is 0. The Morgan fingerprint density at radius 1 is 1.19 bits per heavy atom. The Bertz CT molecular complexity index is 1010. The van der Waals surface area contributed by atoms with Crippen LogP contribution in [0, 0.1) is 7.14 Å². The largest absolute Gasteiger partial charge is 0.495 e.